The molecule has 29 heavy (non-hydrogen) atoms. The van der Waals surface area contributed by atoms with Gasteiger partial charge in [0.15, 0.2) is 21.7 Å². The lowest BCUT2D eigenvalue weighted by Gasteiger charge is -2.54. The molecule has 20 heteroatoms. The van der Waals surface area contributed by atoms with Crippen LogP contribution in [0.1, 0.15) is 0 Å². The van der Waals surface area contributed by atoms with E-state index in [4.69, 9.17) is 220 Å². The van der Waals surface area contributed by atoms with Gasteiger partial charge < -0.3 is 0 Å². The summed E-state index contributed by atoms with van der Waals surface area (Å²) in [5.74, 6) is 0. The SMILES string of the molecule is [O]C(Cl)(Cl)C(Cl)(Cl)C(Cl)(Cl)C(Cl)(Cl)C(Cl)(Cl)C(Cl)(Cl)C(Cl)(Cl)C(Cl)(Cl)C(Cl)(Cl)Cl. The summed E-state index contributed by atoms with van der Waals surface area (Å²) in [4.78, 5) is 0. The zero-order valence-electron chi connectivity index (χ0n) is 12.1. The maximum atomic E-state index is 12.0. The molecule has 0 aliphatic heterocycles. The lowest BCUT2D eigenvalue weighted by molar-refractivity contribution is 0.0980. The Morgan fingerprint density at radius 2 is 0.448 bits per heavy atom. The van der Waals surface area contributed by atoms with Crippen LogP contribution in [0.3, 0.4) is 0 Å². The minimum atomic E-state index is -3.36. The van der Waals surface area contributed by atoms with Crippen molar-refractivity contribution in [3.05, 3.63) is 0 Å². The molecular weight excluding hydrogens is 798 g/mol. The second-order valence-corrected chi connectivity index (χ2v) is 17.9. The molecule has 0 aliphatic carbocycles. The van der Waals surface area contributed by atoms with Crippen LogP contribution in [0.5, 0.6) is 0 Å². The molecule has 0 saturated heterocycles. The summed E-state index contributed by atoms with van der Waals surface area (Å²) in [6.07, 6.45) is 0. The fourth-order valence-electron chi connectivity index (χ4n) is 1.35. The van der Waals surface area contributed by atoms with E-state index in [1.807, 2.05) is 0 Å². The number of rotatable bonds is 7. The molecule has 0 rings (SSSR count). The number of hydrogen-bond acceptors (Lipinski definition) is 0. The minimum absolute atomic E-state index is 2.67. The summed E-state index contributed by atoms with van der Waals surface area (Å²) in [6, 6.07) is 0. The molecule has 1 nitrogen and oxygen atoms in total. The first-order valence-corrected chi connectivity index (χ1v) is 13.0. The third-order valence-electron chi connectivity index (χ3n) is 3.09. The molecule has 0 spiro atoms. The van der Waals surface area contributed by atoms with Crippen LogP contribution < -0.4 is 0 Å². The predicted molar refractivity (Wildman–Crippen MR) is 136 cm³/mol. The third-order valence-corrected chi connectivity index (χ3v) is 15.7. The smallest absolute Gasteiger partial charge is 0.190 e. The van der Waals surface area contributed by atoms with Gasteiger partial charge in [-0.3, -0.25) is 0 Å². The maximum absolute atomic E-state index is 12.0. The van der Waals surface area contributed by atoms with Crippen LogP contribution in [0.4, 0.5) is 0 Å². The van der Waals surface area contributed by atoms with E-state index in [9.17, 15) is 5.11 Å². The number of alkyl halides is 19. The van der Waals surface area contributed by atoms with Crippen molar-refractivity contribution in [2.45, 2.75) is 38.6 Å². The minimum Gasteiger partial charge on any atom is -0.190 e. The van der Waals surface area contributed by atoms with Crippen molar-refractivity contribution in [2.75, 3.05) is 0 Å². The molecule has 0 fully saturated rings. The van der Waals surface area contributed by atoms with Gasteiger partial charge in [0.05, 0.1) is 0 Å². The first kappa shape index (κ1) is 34.5. The molecule has 0 aromatic carbocycles. The second-order valence-electron chi connectivity index (χ2n) is 5.04. The van der Waals surface area contributed by atoms with Gasteiger partial charge in [0, 0.05) is 0 Å². The van der Waals surface area contributed by atoms with E-state index in [1.54, 1.807) is 0 Å². The Hall–Kier alpha value is 5.47. The molecule has 0 heterocycles. The van der Waals surface area contributed by atoms with Gasteiger partial charge in [0.2, 0.25) is 12.5 Å². The summed E-state index contributed by atoms with van der Waals surface area (Å²) in [5.41, 5.74) is 0. The van der Waals surface area contributed by atoms with Crippen molar-refractivity contribution in [2.24, 2.45) is 0 Å². The van der Waals surface area contributed by atoms with Crippen molar-refractivity contribution in [1.29, 1.82) is 0 Å². The Morgan fingerprint density at radius 3 is 0.621 bits per heavy atom. The van der Waals surface area contributed by atoms with Gasteiger partial charge in [-0.2, -0.15) is 5.11 Å². The lowest BCUT2D eigenvalue weighted by atomic mass is 10.0. The molecule has 0 aromatic heterocycles. The van der Waals surface area contributed by atoms with Crippen LogP contribution in [0.2, 0.25) is 0 Å². The first-order chi connectivity index (χ1) is 12.0. The Labute approximate surface area is 260 Å². The van der Waals surface area contributed by atoms with E-state index in [2.05, 4.69) is 0 Å². The van der Waals surface area contributed by atoms with Gasteiger partial charge in [0.25, 0.3) is 4.52 Å². The van der Waals surface area contributed by atoms with E-state index < -0.39 is 38.6 Å². The van der Waals surface area contributed by atoms with Crippen molar-refractivity contribution >= 4 is 220 Å². The van der Waals surface area contributed by atoms with E-state index >= 15 is 0 Å². The largest absolute Gasteiger partial charge is 0.286 e. The summed E-state index contributed by atoms with van der Waals surface area (Å²) >= 11 is 112. The van der Waals surface area contributed by atoms with Crippen LogP contribution in [-0.4, -0.2) is 38.6 Å². The van der Waals surface area contributed by atoms with E-state index in [-0.39, 0.29) is 0 Å². The van der Waals surface area contributed by atoms with Gasteiger partial charge in [-0.1, -0.05) is 220 Å². The van der Waals surface area contributed by atoms with Crippen LogP contribution in [-0.2, 0) is 5.11 Å². The molecular formula is C9Cl19O. The first-order valence-electron chi connectivity index (χ1n) is 5.79. The monoisotopic (exact) mass is 788 g/mol. The fraction of sp³-hybridized carbons (Fsp3) is 1.00. The van der Waals surface area contributed by atoms with Crippen molar-refractivity contribution in [1.82, 2.24) is 0 Å². The zero-order valence-corrected chi connectivity index (χ0v) is 26.5. The normalized spacial score (nSPS) is 17.0. The molecule has 0 N–H and O–H groups in total. The summed E-state index contributed by atoms with van der Waals surface area (Å²) < 4.78 is -27.7. The van der Waals surface area contributed by atoms with Gasteiger partial charge in [-0.05, 0) is 0 Å². The molecule has 0 bridgehead atoms. The standard InChI is InChI=1S/C9Cl19O/c10-1(11,2(12,13)4(16,17)6(20,21)8(24,25)26)3(14,15)5(18,19)7(22,23)9(27,28)29. The Balaban J connectivity index is 6.82. The highest BCUT2D eigenvalue weighted by atomic mass is 35.6. The highest BCUT2D eigenvalue weighted by molar-refractivity contribution is 6.83. The molecule has 1 radical (unpaired) electrons. The topological polar surface area (TPSA) is 19.9 Å². The van der Waals surface area contributed by atoms with Crippen molar-refractivity contribution < 1.29 is 5.11 Å². The Kier molecular flexibility index (Phi) is 11.9. The van der Waals surface area contributed by atoms with Gasteiger partial charge in [-0.15, -0.1) is 0 Å². The van der Waals surface area contributed by atoms with E-state index in [1.165, 1.54) is 0 Å². The molecule has 0 aromatic rings. The average molecular weight is 798 g/mol. The van der Waals surface area contributed by atoms with Crippen molar-refractivity contribution in [3.8, 4) is 0 Å². The molecule has 0 saturated carbocycles. The molecule has 0 aliphatic rings. The number of hydrogen-bond donors (Lipinski definition) is 0. The Bertz CT molecular complexity index is 554. The molecule has 175 valence electrons. The fourth-order valence-corrected chi connectivity index (χ4v) is 6.89. The lowest BCUT2D eigenvalue weighted by Crippen LogP contribution is -2.71. The zero-order chi connectivity index (χ0) is 24.5. The highest BCUT2D eigenvalue weighted by Crippen LogP contribution is 2.73. The molecule has 0 amide bonds. The highest BCUT2D eigenvalue weighted by Gasteiger charge is 2.82. The van der Waals surface area contributed by atoms with Crippen LogP contribution in [0.15, 0.2) is 0 Å². The summed E-state index contributed by atoms with van der Waals surface area (Å²) in [5, 5.41) is 12.0. The van der Waals surface area contributed by atoms with E-state index in [0.29, 0.717) is 0 Å². The summed E-state index contributed by atoms with van der Waals surface area (Å²) in [7, 11) is 0. The summed E-state index contributed by atoms with van der Waals surface area (Å²) in [6.45, 7) is 0. The number of halogens is 19. The third kappa shape index (κ3) is 5.52. The van der Waals surface area contributed by atoms with Gasteiger partial charge in [0.1, 0.15) is 0 Å². The quantitative estimate of drug-likeness (QED) is 0.229. The van der Waals surface area contributed by atoms with Crippen molar-refractivity contribution in [3.63, 3.8) is 0 Å². The van der Waals surface area contributed by atoms with Crippen LogP contribution in [0, 0.1) is 0 Å². The molecule has 0 atom stereocenters. The molecule has 0 unspecified atom stereocenters. The maximum Gasteiger partial charge on any atom is 0.286 e. The van der Waals surface area contributed by atoms with E-state index in [0.717, 1.165) is 0 Å². The predicted octanol–water partition coefficient (Wildman–Crippen LogP) is 11.1. The van der Waals surface area contributed by atoms with Crippen LogP contribution in [0.25, 0.3) is 0 Å². The average Bonchev–Trinajstić information content (AvgIpc) is 2.43. The Morgan fingerprint density at radius 1 is 0.276 bits per heavy atom. The second kappa shape index (κ2) is 9.98. The van der Waals surface area contributed by atoms with Crippen LogP contribution >= 0.6 is 220 Å². The van der Waals surface area contributed by atoms with Gasteiger partial charge >= 0.3 is 0 Å². The van der Waals surface area contributed by atoms with Gasteiger partial charge in [-0.25, -0.2) is 0 Å².